The number of carbonyl (C=O) groups excluding carboxylic acids is 4. The molecule has 0 saturated heterocycles. The zero-order chi connectivity index (χ0) is 73.5. The van der Waals surface area contributed by atoms with Crippen molar-refractivity contribution in [2.75, 3.05) is 26.4 Å². The van der Waals surface area contributed by atoms with Crippen LogP contribution < -0.4 is 0 Å². The van der Waals surface area contributed by atoms with E-state index in [1.54, 1.807) is 0 Å². The molecule has 10 nitrogen and oxygen atoms in total. The number of rotatable bonds is 80. The van der Waals surface area contributed by atoms with Gasteiger partial charge in [-0.1, -0.05) is 376 Å². The molecule has 0 aromatic heterocycles. The number of aliphatic hydroxyl groups is 2. The van der Waals surface area contributed by atoms with Crippen LogP contribution in [0.2, 0.25) is 0 Å². The minimum absolute atomic E-state index is 0.00380. The maximum atomic E-state index is 12.6. The predicted octanol–water partition coefficient (Wildman–Crippen LogP) is 28.0. The van der Waals surface area contributed by atoms with E-state index >= 15 is 0 Å². The molecule has 0 heterocycles. The van der Waals surface area contributed by atoms with Crippen LogP contribution in [-0.4, -0.2) is 72.7 Å². The highest BCUT2D eigenvalue weighted by Crippen LogP contribution is 2.25. The number of aliphatic hydroxyl groups excluding tert-OH is 2. The number of ether oxygens (including phenoxy) is 4. The normalized spacial score (nSPS) is 13.3. The molecule has 0 aliphatic carbocycles. The fourth-order valence-corrected chi connectivity index (χ4v) is 14.1. The second kappa shape index (κ2) is 82.5. The summed E-state index contributed by atoms with van der Waals surface area (Å²) < 4.78 is 22.8. The van der Waals surface area contributed by atoms with Crippen LogP contribution in [0.5, 0.6) is 0 Å². The standard InChI is InChI=1S/2C45H88O5/c1-5-9-12-14-21-26-33-42(34-27-22-19-20-25-31-37-44(47)49-39-41(8-4)32-11-7-3)40-50-45(48)38-30-24-18-16-15-17-23-29-36-43(46)35-28-13-10-6-2;1-5-9-12-14-17-21-26-33-42(34-27-22-20-25-31-37-44(47)49-39-41(8-4)32-11-7-3)40-50-45(48)38-30-24-19-16-15-18-23-29-36-43(46)35-28-13-10-6-2/h2*41-43,46H,5-40H2,1-4H3. The van der Waals surface area contributed by atoms with E-state index in [2.05, 4.69) is 55.4 Å². The van der Waals surface area contributed by atoms with Crippen LogP contribution in [0.3, 0.4) is 0 Å². The number of hydrogen-bond acceptors (Lipinski definition) is 10. The van der Waals surface area contributed by atoms with Gasteiger partial charge in [-0.3, -0.25) is 19.2 Å². The number of hydrogen-bond donors (Lipinski definition) is 2. The lowest BCUT2D eigenvalue weighted by atomic mass is 9.94. The Morgan fingerprint density at radius 1 is 0.200 bits per heavy atom. The maximum Gasteiger partial charge on any atom is 0.305 e. The van der Waals surface area contributed by atoms with Crippen molar-refractivity contribution in [2.24, 2.45) is 23.7 Å². The Bertz CT molecular complexity index is 1660. The van der Waals surface area contributed by atoms with Crippen LogP contribution in [0, 0.1) is 23.7 Å². The van der Waals surface area contributed by atoms with Gasteiger partial charge in [0.15, 0.2) is 0 Å². The van der Waals surface area contributed by atoms with Crippen molar-refractivity contribution >= 4 is 23.9 Å². The van der Waals surface area contributed by atoms with E-state index in [1.165, 1.54) is 276 Å². The molecule has 6 atom stereocenters. The molecule has 0 radical (unpaired) electrons. The Morgan fingerprint density at radius 3 is 0.570 bits per heavy atom. The third kappa shape index (κ3) is 76.9. The molecule has 100 heavy (non-hydrogen) atoms. The topological polar surface area (TPSA) is 146 Å². The highest BCUT2D eigenvalue weighted by atomic mass is 16.5. The molecule has 0 aromatic carbocycles. The van der Waals surface area contributed by atoms with Crippen molar-refractivity contribution in [3.05, 3.63) is 0 Å². The Balaban J connectivity index is 0. The zero-order valence-corrected chi connectivity index (χ0v) is 68.5. The Morgan fingerprint density at radius 2 is 0.360 bits per heavy atom. The van der Waals surface area contributed by atoms with E-state index < -0.39 is 0 Å². The lowest BCUT2D eigenvalue weighted by Crippen LogP contribution is -2.14. The molecule has 0 amide bonds. The average molecular weight is 1420 g/mol. The highest BCUT2D eigenvalue weighted by Gasteiger charge is 2.17. The number of carbonyl (C=O) groups is 4. The van der Waals surface area contributed by atoms with Crippen LogP contribution in [-0.2, 0) is 38.1 Å². The Hall–Kier alpha value is -2.20. The molecule has 0 aromatic rings. The van der Waals surface area contributed by atoms with Crippen LogP contribution >= 0.6 is 0 Å². The van der Waals surface area contributed by atoms with E-state index in [9.17, 15) is 29.4 Å². The zero-order valence-electron chi connectivity index (χ0n) is 68.5. The number of esters is 4. The van der Waals surface area contributed by atoms with E-state index in [-0.39, 0.29) is 36.1 Å². The lowest BCUT2D eigenvalue weighted by molar-refractivity contribution is -0.146. The van der Waals surface area contributed by atoms with Crippen molar-refractivity contribution in [3.63, 3.8) is 0 Å². The summed E-state index contributed by atoms with van der Waals surface area (Å²) in [4.78, 5) is 49.4. The van der Waals surface area contributed by atoms with Gasteiger partial charge in [-0.25, -0.2) is 0 Å². The quantitative estimate of drug-likeness (QED) is 0.0343. The van der Waals surface area contributed by atoms with Crippen molar-refractivity contribution in [2.45, 2.75) is 504 Å². The minimum atomic E-state index is -0.0965. The lowest BCUT2D eigenvalue weighted by Gasteiger charge is -2.17. The molecule has 0 bridgehead atoms. The van der Waals surface area contributed by atoms with Gasteiger partial charge in [0.05, 0.1) is 38.6 Å². The summed E-state index contributed by atoms with van der Waals surface area (Å²) in [5.74, 6) is 1.94. The highest BCUT2D eigenvalue weighted by molar-refractivity contribution is 5.70. The monoisotopic (exact) mass is 1420 g/mol. The molecule has 0 saturated carbocycles. The summed E-state index contributed by atoms with van der Waals surface area (Å²) in [5.41, 5.74) is 0. The first kappa shape index (κ1) is 99.9. The minimum Gasteiger partial charge on any atom is -0.465 e. The van der Waals surface area contributed by atoms with E-state index in [4.69, 9.17) is 18.9 Å². The van der Waals surface area contributed by atoms with Crippen LogP contribution in [0.4, 0.5) is 0 Å². The van der Waals surface area contributed by atoms with E-state index in [0.29, 0.717) is 75.8 Å². The molecular weight excluding hydrogens is 1240 g/mol. The van der Waals surface area contributed by atoms with Crippen LogP contribution in [0.1, 0.15) is 492 Å². The Kier molecular flexibility index (Phi) is 82.3. The second-order valence-electron chi connectivity index (χ2n) is 31.5. The molecular formula is C90H176O10. The molecule has 0 aliphatic heterocycles. The third-order valence-electron chi connectivity index (χ3n) is 21.5. The molecule has 0 fully saturated rings. The molecule has 6 unspecified atom stereocenters. The first-order chi connectivity index (χ1) is 48.9. The van der Waals surface area contributed by atoms with E-state index in [0.717, 1.165) is 135 Å². The first-order valence-electron chi connectivity index (χ1n) is 44.9. The SMILES string of the molecule is CCCCCCCCC(CCCCCCCCC(=O)OCC(CC)CCCC)COC(=O)CCCCCCCCCCC(O)CCCCCC.CCCCCCCCCC(CCCCCCCC(=O)OCC(CC)CCCC)COC(=O)CCCCCCCCCCC(O)CCCCCC. The molecule has 596 valence electrons. The summed E-state index contributed by atoms with van der Waals surface area (Å²) in [7, 11) is 0. The summed E-state index contributed by atoms with van der Waals surface area (Å²) >= 11 is 0. The third-order valence-corrected chi connectivity index (χ3v) is 21.5. The summed E-state index contributed by atoms with van der Waals surface area (Å²) in [6.45, 7) is 20.2. The van der Waals surface area contributed by atoms with E-state index in [1.807, 2.05) is 0 Å². The second-order valence-corrected chi connectivity index (χ2v) is 31.5. The largest absolute Gasteiger partial charge is 0.465 e. The summed E-state index contributed by atoms with van der Waals surface area (Å²) in [6.07, 6.45) is 78.1. The fourth-order valence-electron chi connectivity index (χ4n) is 14.1. The molecule has 0 aliphatic rings. The van der Waals surface area contributed by atoms with Crippen LogP contribution in [0.25, 0.3) is 0 Å². The average Bonchev–Trinajstić information content (AvgIpc) is 1.87. The number of unbranched alkanes of at least 4 members (excludes halogenated alkanes) is 42. The van der Waals surface area contributed by atoms with Gasteiger partial charge >= 0.3 is 23.9 Å². The molecule has 0 spiro atoms. The van der Waals surface area contributed by atoms with Gasteiger partial charge in [0.2, 0.25) is 0 Å². The molecule has 0 rings (SSSR count). The van der Waals surface area contributed by atoms with Gasteiger partial charge in [0, 0.05) is 25.7 Å². The summed E-state index contributed by atoms with van der Waals surface area (Å²) in [6, 6.07) is 0. The van der Waals surface area contributed by atoms with Crippen molar-refractivity contribution < 1.29 is 48.3 Å². The van der Waals surface area contributed by atoms with Crippen molar-refractivity contribution in [3.8, 4) is 0 Å². The Labute approximate surface area is 623 Å². The molecule has 10 heteroatoms. The van der Waals surface area contributed by atoms with Crippen molar-refractivity contribution in [1.82, 2.24) is 0 Å². The van der Waals surface area contributed by atoms with Gasteiger partial charge in [0.25, 0.3) is 0 Å². The van der Waals surface area contributed by atoms with Gasteiger partial charge < -0.3 is 29.2 Å². The fraction of sp³-hybridized carbons (Fsp3) is 0.956. The van der Waals surface area contributed by atoms with Crippen LogP contribution in [0.15, 0.2) is 0 Å². The first-order valence-corrected chi connectivity index (χ1v) is 44.9. The van der Waals surface area contributed by atoms with Gasteiger partial charge in [-0.05, 0) is 114 Å². The maximum absolute atomic E-state index is 12.6. The van der Waals surface area contributed by atoms with Gasteiger partial charge in [-0.2, -0.15) is 0 Å². The summed E-state index contributed by atoms with van der Waals surface area (Å²) in [5, 5.41) is 20.2. The van der Waals surface area contributed by atoms with Crippen molar-refractivity contribution in [1.29, 1.82) is 0 Å². The molecule has 2 N–H and O–H groups in total. The smallest absolute Gasteiger partial charge is 0.305 e. The predicted molar refractivity (Wildman–Crippen MR) is 429 cm³/mol. The van der Waals surface area contributed by atoms with Gasteiger partial charge in [-0.15, -0.1) is 0 Å². The van der Waals surface area contributed by atoms with Gasteiger partial charge in [0.1, 0.15) is 0 Å².